The monoisotopic (exact) mass is 435 g/mol. The van der Waals surface area contributed by atoms with Gasteiger partial charge in [-0.05, 0) is 33.8 Å². The molecule has 4 rings (SSSR count). The molecule has 30 heavy (non-hydrogen) atoms. The van der Waals surface area contributed by atoms with Gasteiger partial charge in [0.1, 0.15) is 11.6 Å². The Morgan fingerprint density at radius 1 is 1.27 bits per heavy atom. The van der Waals surface area contributed by atoms with Gasteiger partial charge < -0.3 is 14.0 Å². The number of aryl methyl sites for hydroxylation is 2. The third-order valence-corrected chi connectivity index (χ3v) is 9.32. The van der Waals surface area contributed by atoms with Gasteiger partial charge in [0.2, 0.25) is 4.75 Å². The van der Waals surface area contributed by atoms with E-state index in [0.29, 0.717) is 31.0 Å². The van der Waals surface area contributed by atoms with Crippen LogP contribution in [0.2, 0.25) is 0 Å². The fourth-order valence-electron chi connectivity index (χ4n) is 4.51. The van der Waals surface area contributed by atoms with E-state index < -0.39 is 38.0 Å². The summed E-state index contributed by atoms with van der Waals surface area (Å²) < 4.78 is 44.6. The second kappa shape index (κ2) is 7.25. The van der Waals surface area contributed by atoms with Crippen molar-refractivity contribution >= 4 is 16.1 Å². The Bertz CT molecular complexity index is 1020. The quantitative estimate of drug-likeness (QED) is 0.686. The molecule has 9 heteroatoms. The highest BCUT2D eigenvalue weighted by atomic mass is 32.3. The van der Waals surface area contributed by atoms with Crippen molar-refractivity contribution in [3.63, 3.8) is 0 Å². The largest absolute Gasteiger partial charge is 0.614 e. The highest BCUT2D eigenvalue weighted by Gasteiger charge is 2.63. The lowest BCUT2D eigenvalue weighted by atomic mass is 10.1. The second-order valence-corrected chi connectivity index (χ2v) is 11.4. The molecule has 2 aliphatic heterocycles. The molecule has 0 aliphatic carbocycles. The maximum absolute atomic E-state index is 14.3. The topological polar surface area (TPSA) is 89.7 Å². The molecule has 2 aliphatic rings. The van der Waals surface area contributed by atoms with E-state index in [1.807, 2.05) is 18.7 Å². The van der Waals surface area contributed by atoms with Crippen LogP contribution in [0, 0.1) is 19.7 Å². The van der Waals surface area contributed by atoms with E-state index in [2.05, 4.69) is 5.16 Å². The van der Waals surface area contributed by atoms with E-state index in [4.69, 9.17) is 4.52 Å². The smallest absolute Gasteiger partial charge is 0.278 e. The number of rotatable bonds is 4. The van der Waals surface area contributed by atoms with Crippen LogP contribution >= 0.6 is 0 Å². The SMILES string of the molecule is Cc1noc(C)c1CN1C[C@H]2[C@H](C1)[S+](=O)([O-])C(C)(C)C(=O)N2Cc1ccccc1F. The van der Waals surface area contributed by atoms with Gasteiger partial charge in [0.25, 0.3) is 5.91 Å². The minimum Gasteiger partial charge on any atom is -0.614 e. The average molecular weight is 436 g/mol. The molecule has 1 unspecified atom stereocenters. The number of carbonyl (C=O) groups is 1. The summed E-state index contributed by atoms with van der Waals surface area (Å²) in [6, 6.07) is 5.75. The summed E-state index contributed by atoms with van der Waals surface area (Å²) in [7, 11) is -3.72. The second-order valence-electron chi connectivity index (χ2n) is 8.68. The summed E-state index contributed by atoms with van der Waals surface area (Å²) in [5.41, 5.74) is 2.08. The Morgan fingerprint density at radius 3 is 2.60 bits per heavy atom. The van der Waals surface area contributed by atoms with Gasteiger partial charge in [-0.25, -0.2) is 4.39 Å². The zero-order valence-electron chi connectivity index (χ0n) is 17.6. The molecule has 3 heterocycles. The first-order valence-electron chi connectivity index (χ1n) is 9.96. The number of hydrogen-bond donors (Lipinski definition) is 0. The van der Waals surface area contributed by atoms with Gasteiger partial charge in [0.05, 0.1) is 21.9 Å². The molecule has 162 valence electrons. The lowest BCUT2D eigenvalue weighted by Crippen LogP contribution is -2.67. The van der Waals surface area contributed by atoms with Crippen LogP contribution in [0.5, 0.6) is 0 Å². The van der Waals surface area contributed by atoms with Crippen LogP contribution in [-0.4, -0.2) is 54.5 Å². The summed E-state index contributed by atoms with van der Waals surface area (Å²) in [6.07, 6.45) is 0. The van der Waals surface area contributed by atoms with Crippen LogP contribution in [0.25, 0.3) is 0 Å². The lowest BCUT2D eigenvalue weighted by Gasteiger charge is -2.47. The first-order chi connectivity index (χ1) is 14.0. The van der Waals surface area contributed by atoms with Crippen molar-refractivity contribution in [1.82, 2.24) is 15.0 Å². The average Bonchev–Trinajstić information content (AvgIpc) is 3.25. The Morgan fingerprint density at radius 2 is 1.97 bits per heavy atom. The van der Waals surface area contributed by atoms with Gasteiger partial charge in [0.15, 0.2) is 5.25 Å². The molecule has 7 nitrogen and oxygen atoms in total. The summed E-state index contributed by atoms with van der Waals surface area (Å²) in [5, 5.41) is 3.24. The molecule has 1 aromatic heterocycles. The van der Waals surface area contributed by atoms with Crippen LogP contribution < -0.4 is 0 Å². The molecule has 1 amide bonds. The van der Waals surface area contributed by atoms with E-state index in [1.165, 1.54) is 19.9 Å². The van der Waals surface area contributed by atoms with E-state index in [9.17, 15) is 17.9 Å². The number of aromatic nitrogens is 1. The third-order valence-electron chi connectivity index (χ3n) is 6.46. The maximum Gasteiger partial charge on any atom is 0.278 e. The van der Waals surface area contributed by atoms with Crippen molar-refractivity contribution in [1.29, 1.82) is 0 Å². The number of sulfone groups is 1. The van der Waals surface area contributed by atoms with Crippen LogP contribution in [0.1, 0.15) is 36.4 Å². The summed E-state index contributed by atoms with van der Waals surface area (Å²) >= 11 is 0. The lowest BCUT2D eigenvalue weighted by molar-refractivity contribution is -0.137. The molecular formula is C21H26FN3O4S. The van der Waals surface area contributed by atoms with Gasteiger partial charge in [-0.1, -0.05) is 23.4 Å². The van der Waals surface area contributed by atoms with E-state index >= 15 is 0 Å². The number of fused-ring (bicyclic) bond motifs is 1. The van der Waals surface area contributed by atoms with Crippen molar-refractivity contribution in [3.8, 4) is 0 Å². The van der Waals surface area contributed by atoms with E-state index in [0.717, 1.165) is 11.3 Å². The molecule has 0 saturated carbocycles. The molecule has 3 atom stereocenters. The molecule has 0 N–H and O–H groups in total. The number of carbonyl (C=O) groups excluding carboxylic acids is 1. The van der Waals surface area contributed by atoms with Crippen LogP contribution in [0.3, 0.4) is 0 Å². The fraction of sp³-hybridized carbons (Fsp3) is 0.524. The summed E-state index contributed by atoms with van der Waals surface area (Å²) in [5.74, 6) is -0.185. The van der Waals surface area contributed by atoms with Crippen molar-refractivity contribution in [2.24, 2.45) is 0 Å². The first kappa shape index (κ1) is 21.1. The van der Waals surface area contributed by atoms with Crippen molar-refractivity contribution in [2.75, 3.05) is 13.1 Å². The zero-order valence-corrected chi connectivity index (χ0v) is 18.4. The zero-order chi connectivity index (χ0) is 21.8. The number of hydrogen-bond acceptors (Lipinski definition) is 6. The molecule has 0 bridgehead atoms. The molecular weight excluding hydrogens is 409 g/mol. The number of benzene rings is 1. The number of likely N-dealkylation sites (tertiary alicyclic amines) is 1. The Hall–Kier alpha value is -2.10. The van der Waals surface area contributed by atoms with Gasteiger partial charge in [0, 0.05) is 37.3 Å². The third kappa shape index (κ3) is 3.19. The van der Waals surface area contributed by atoms with E-state index in [-0.39, 0.29) is 6.54 Å². The van der Waals surface area contributed by atoms with Gasteiger partial charge in [-0.15, -0.1) is 4.21 Å². The highest BCUT2D eigenvalue weighted by Crippen LogP contribution is 2.42. The highest BCUT2D eigenvalue weighted by molar-refractivity contribution is 8.00. The maximum atomic E-state index is 14.3. The van der Waals surface area contributed by atoms with Crippen LogP contribution in [0.4, 0.5) is 4.39 Å². The predicted octanol–water partition coefficient (Wildman–Crippen LogP) is 2.43. The molecule has 0 radical (unpaired) electrons. The molecule has 0 spiro atoms. The number of nitrogens with zero attached hydrogens (tertiary/aromatic N) is 3. The normalized spacial score (nSPS) is 28.7. The van der Waals surface area contributed by atoms with Gasteiger partial charge >= 0.3 is 0 Å². The fourth-order valence-corrected chi connectivity index (χ4v) is 6.68. The number of halogens is 1. The minimum absolute atomic E-state index is 0.0464. The standard InChI is InChI=1S/C21H26FN3O4S/c1-13-16(14(2)29-23-13)10-24-11-18-19(12-24)30(27,28)21(3,4)20(26)25(18)9-15-7-5-6-8-17(15)22/h5-8,18-19H,9-12H2,1-4H3/t18-,19-/m0/s1. The van der Waals surface area contributed by atoms with Crippen molar-refractivity contribution in [2.45, 2.75) is 56.8 Å². The molecule has 1 aromatic carbocycles. The molecule has 2 saturated heterocycles. The van der Waals surface area contributed by atoms with Gasteiger partial charge in [-0.3, -0.25) is 9.69 Å². The van der Waals surface area contributed by atoms with Crippen LogP contribution in [-0.2, 0) is 32.3 Å². The van der Waals surface area contributed by atoms with E-state index in [1.54, 1.807) is 23.1 Å². The number of amides is 1. The summed E-state index contributed by atoms with van der Waals surface area (Å²) in [4.78, 5) is 16.8. The predicted molar refractivity (Wildman–Crippen MR) is 109 cm³/mol. The Labute approximate surface area is 176 Å². The van der Waals surface area contributed by atoms with Crippen LogP contribution in [0.15, 0.2) is 28.8 Å². The van der Waals surface area contributed by atoms with Gasteiger partial charge in [-0.2, -0.15) is 0 Å². The first-order valence-corrected chi connectivity index (χ1v) is 11.5. The van der Waals surface area contributed by atoms with Crippen molar-refractivity contribution in [3.05, 3.63) is 52.7 Å². The van der Waals surface area contributed by atoms with Crippen molar-refractivity contribution < 1.29 is 22.5 Å². The molecule has 2 aromatic rings. The Balaban J connectivity index is 1.67. The summed E-state index contributed by atoms with van der Waals surface area (Å²) in [6.45, 7) is 7.82. The Kier molecular flexibility index (Phi) is 5.11. The molecule has 2 fully saturated rings. The minimum atomic E-state index is -3.72.